The molecule has 0 spiro atoms. The van der Waals surface area contributed by atoms with E-state index in [1.807, 2.05) is 14.0 Å². The fourth-order valence-electron chi connectivity index (χ4n) is 1.70. The van der Waals surface area contributed by atoms with Crippen LogP contribution in [-0.4, -0.2) is 15.8 Å². The molecule has 1 unspecified atom stereocenters. The van der Waals surface area contributed by atoms with E-state index in [2.05, 4.69) is 12.0 Å². The highest BCUT2D eigenvalue weighted by Gasteiger charge is 2.10. The summed E-state index contributed by atoms with van der Waals surface area (Å²) in [6.45, 7) is 4.12. The second-order valence-corrected chi connectivity index (χ2v) is 4.40. The van der Waals surface area contributed by atoms with Crippen LogP contribution in [0.4, 0.5) is 0 Å². The molecule has 86 valence electrons. The monoisotopic (exact) mass is 229 g/mol. The van der Waals surface area contributed by atoms with Gasteiger partial charge in [-0.2, -0.15) is 5.10 Å². The zero-order valence-electron chi connectivity index (χ0n) is 9.76. The molecule has 1 heterocycles. The fraction of sp³-hybridized carbons (Fsp3) is 0.727. The minimum atomic E-state index is 0.320. The van der Waals surface area contributed by atoms with Crippen LogP contribution in [0, 0.1) is 6.92 Å². The molecule has 1 atom stereocenters. The first-order chi connectivity index (χ1) is 7.06. The van der Waals surface area contributed by atoms with E-state index in [1.165, 1.54) is 5.56 Å². The van der Waals surface area contributed by atoms with Crippen LogP contribution in [0.1, 0.15) is 37.4 Å². The average molecular weight is 230 g/mol. The van der Waals surface area contributed by atoms with Crippen LogP contribution < -0.4 is 5.73 Å². The summed E-state index contributed by atoms with van der Waals surface area (Å²) in [5, 5.41) is 5.04. The number of aromatic nitrogens is 2. The van der Waals surface area contributed by atoms with E-state index in [1.54, 1.807) is 4.68 Å². The third kappa shape index (κ3) is 3.21. The summed E-state index contributed by atoms with van der Waals surface area (Å²) in [6, 6.07) is 0.320. The van der Waals surface area contributed by atoms with Gasteiger partial charge in [0.25, 0.3) is 0 Å². The second-order valence-electron chi connectivity index (χ2n) is 4.04. The first kappa shape index (κ1) is 12.5. The Morgan fingerprint density at radius 1 is 1.53 bits per heavy atom. The maximum Gasteiger partial charge on any atom is 0.130 e. The lowest BCUT2D eigenvalue weighted by Gasteiger charge is -2.07. The van der Waals surface area contributed by atoms with E-state index >= 15 is 0 Å². The van der Waals surface area contributed by atoms with Crippen LogP contribution >= 0.6 is 11.6 Å². The lowest BCUT2D eigenvalue weighted by molar-refractivity contribution is 0.567. The van der Waals surface area contributed by atoms with Crippen molar-refractivity contribution in [2.24, 2.45) is 12.8 Å². The normalized spacial score (nSPS) is 13.1. The van der Waals surface area contributed by atoms with E-state index in [4.69, 9.17) is 17.3 Å². The first-order valence-electron chi connectivity index (χ1n) is 5.49. The number of hydrogen-bond donors (Lipinski definition) is 1. The summed E-state index contributed by atoms with van der Waals surface area (Å²) in [5.74, 6) is 0. The van der Waals surface area contributed by atoms with Crippen molar-refractivity contribution < 1.29 is 0 Å². The molecule has 4 heteroatoms. The van der Waals surface area contributed by atoms with Crippen molar-refractivity contribution in [3.05, 3.63) is 16.4 Å². The third-order valence-corrected chi connectivity index (χ3v) is 3.27. The molecular formula is C11H20ClN3. The maximum atomic E-state index is 6.13. The molecule has 0 radical (unpaired) electrons. The Kier molecular flexibility index (Phi) is 4.61. The maximum absolute atomic E-state index is 6.13. The van der Waals surface area contributed by atoms with Crippen molar-refractivity contribution in [2.75, 3.05) is 0 Å². The Hall–Kier alpha value is -0.540. The smallest absolute Gasteiger partial charge is 0.130 e. The Morgan fingerprint density at radius 3 is 2.67 bits per heavy atom. The van der Waals surface area contributed by atoms with Gasteiger partial charge in [-0.3, -0.25) is 4.68 Å². The fourth-order valence-corrected chi connectivity index (χ4v) is 1.97. The van der Waals surface area contributed by atoms with Crippen molar-refractivity contribution in [1.82, 2.24) is 9.78 Å². The molecule has 0 saturated heterocycles. The van der Waals surface area contributed by atoms with Crippen LogP contribution in [0.5, 0.6) is 0 Å². The van der Waals surface area contributed by atoms with Gasteiger partial charge < -0.3 is 5.73 Å². The van der Waals surface area contributed by atoms with E-state index in [9.17, 15) is 0 Å². The second kappa shape index (κ2) is 5.52. The van der Waals surface area contributed by atoms with Crippen molar-refractivity contribution in [2.45, 2.75) is 45.6 Å². The molecule has 0 bridgehead atoms. The Bertz CT molecular complexity index is 320. The summed E-state index contributed by atoms with van der Waals surface area (Å²) < 4.78 is 1.73. The molecule has 1 aromatic heterocycles. The summed E-state index contributed by atoms with van der Waals surface area (Å²) in [7, 11) is 1.87. The molecule has 0 amide bonds. The standard InChI is InChI=1S/C11H20ClN3/c1-4-9(13)6-5-7-10-8(2)14-15(3)11(10)12/h9H,4-7,13H2,1-3H3. The first-order valence-corrected chi connectivity index (χ1v) is 5.87. The molecule has 0 saturated carbocycles. The zero-order valence-corrected chi connectivity index (χ0v) is 10.5. The number of hydrogen-bond acceptors (Lipinski definition) is 2. The van der Waals surface area contributed by atoms with Crippen molar-refractivity contribution in [3.8, 4) is 0 Å². The topological polar surface area (TPSA) is 43.8 Å². The average Bonchev–Trinajstić information content (AvgIpc) is 2.44. The van der Waals surface area contributed by atoms with Gasteiger partial charge in [-0.05, 0) is 32.6 Å². The van der Waals surface area contributed by atoms with Gasteiger partial charge in [0.15, 0.2) is 0 Å². The van der Waals surface area contributed by atoms with E-state index < -0.39 is 0 Å². The molecule has 0 aliphatic heterocycles. The highest BCUT2D eigenvalue weighted by Crippen LogP contribution is 2.20. The van der Waals surface area contributed by atoms with Gasteiger partial charge in [-0.25, -0.2) is 0 Å². The lowest BCUT2D eigenvalue weighted by Crippen LogP contribution is -2.18. The minimum Gasteiger partial charge on any atom is -0.328 e. The van der Waals surface area contributed by atoms with Crippen LogP contribution in [-0.2, 0) is 13.5 Å². The van der Waals surface area contributed by atoms with E-state index in [-0.39, 0.29) is 0 Å². The van der Waals surface area contributed by atoms with Gasteiger partial charge in [0.1, 0.15) is 5.15 Å². The van der Waals surface area contributed by atoms with Crippen molar-refractivity contribution in [1.29, 1.82) is 0 Å². The number of rotatable bonds is 5. The molecule has 0 aliphatic rings. The van der Waals surface area contributed by atoms with Gasteiger partial charge in [-0.15, -0.1) is 0 Å². The number of aryl methyl sites for hydroxylation is 2. The summed E-state index contributed by atoms with van der Waals surface area (Å²) in [4.78, 5) is 0. The van der Waals surface area contributed by atoms with Crippen LogP contribution in [0.25, 0.3) is 0 Å². The molecule has 1 aromatic rings. The summed E-state index contributed by atoms with van der Waals surface area (Å²) >= 11 is 6.13. The quantitative estimate of drug-likeness (QED) is 0.843. The molecule has 0 aromatic carbocycles. The van der Waals surface area contributed by atoms with Crippen LogP contribution in [0.3, 0.4) is 0 Å². The number of nitrogens with two attached hydrogens (primary N) is 1. The molecule has 0 fully saturated rings. The highest BCUT2D eigenvalue weighted by atomic mass is 35.5. The van der Waals surface area contributed by atoms with Gasteiger partial charge in [0, 0.05) is 18.7 Å². The van der Waals surface area contributed by atoms with Crippen molar-refractivity contribution >= 4 is 11.6 Å². The molecular weight excluding hydrogens is 210 g/mol. The molecule has 2 N–H and O–H groups in total. The molecule has 1 rings (SSSR count). The van der Waals surface area contributed by atoms with Gasteiger partial charge >= 0.3 is 0 Å². The molecule has 0 aliphatic carbocycles. The number of halogens is 1. The Morgan fingerprint density at radius 2 is 2.20 bits per heavy atom. The van der Waals surface area contributed by atoms with Crippen LogP contribution in [0.15, 0.2) is 0 Å². The van der Waals surface area contributed by atoms with E-state index in [0.717, 1.165) is 36.5 Å². The molecule has 15 heavy (non-hydrogen) atoms. The zero-order chi connectivity index (χ0) is 11.4. The van der Waals surface area contributed by atoms with Gasteiger partial charge in [-0.1, -0.05) is 18.5 Å². The largest absolute Gasteiger partial charge is 0.328 e. The Balaban J connectivity index is 2.50. The van der Waals surface area contributed by atoms with Crippen LogP contribution in [0.2, 0.25) is 5.15 Å². The number of nitrogens with zero attached hydrogens (tertiary/aromatic N) is 2. The predicted octanol–water partition coefficient (Wildman–Crippen LogP) is 2.44. The Labute approximate surface area is 96.6 Å². The highest BCUT2D eigenvalue weighted by molar-refractivity contribution is 6.30. The third-order valence-electron chi connectivity index (χ3n) is 2.80. The van der Waals surface area contributed by atoms with Crippen molar-refractivity contribution in [3.63, 3.8) is 0 Å². The lowest BCUT2D eigenvalue weighted by atomic mass is 10.0. The van der Waals surface area contributed by atoms with E-state index in [0.29, 0.717) is 6.04 Å². The molecule has 3 nitrogen and oxygen atoms in total. The minimum absolute atomic E-state index is 0.320. The summed E-state index contributed by atoms with van der Waals surface area (Å²) in [6.07, 6.45) is 4.16. The summed E-state index contributed by atoms with van der Waals surface area (Å²) in [5.41, 5.74) is 8.07. The SMILES string of the molecule is CCC(N)CCCc1c(C)nn(C)c1Cl. The van der Waals surface area contributed by atoms with Gasteiger partial charge in [0.2, 0.25) is 0 Å². The van der Waals surface area contributed by atoms with Gasteiger partial charge in [0.05, 0.1) is 5.69 Å². The predicted molar refractivity (Wildman–Crippen MR) is 64.2 cm³/mol.